The maximum absolute atomic E-state index is 13.5. The number of benzene rings is 1. The van der Waals surface area contributed by atoms with Gasteiger partial charge in [0, 0.05) is 45.2 Å². The van der Waals surface area contributed by atoms with Crippen LogP contribution in [0.2, 0.25) is 0 Å². The van der Waals surface area contributed by atoms with Crippen LogP contribution in [0.5, 0.6) is 0 Å². The van der Waals surface area contributed by atoms with Crippen molar-refractivity contribution in [2.45, 2.75) is 45.7 Å². The molecule has 174 valence electrons. The third-order valence-corrected chi connectivity index (χ3v) is 5.96. The Kier molecular flexibility index (Phi) is 7.61. The van der Waals surface area contributed by atoms with E-state index in [1.807, 2.05) is 17.9 Å². The second kappa shape index (κ2) is 10.2. The molecule has 1 aliphatic heterocycles. The second-order valence-corrected chi connectivity index (χ2v) is 9.24. The van der Waals surface area contributed by atoms with Crippen molar-refractivity contribution in [1.29, 1.82) is 0 Å². The maximum Gasteiger partial charge on any atom is 0.317 e. The molecule has 0 aliphatic carbocycles. The average molecular weight is 441 g/mol. The molecule has 1 atom stereocenters. The minimum absolute atomic E-state index is 0.0203. The molecular formula is C25H36N4O3. The summed E-state index contributed by atoms with van der Waals surface area (Å²) in [5, 5.41) is 2.79. The summed E-state index contributed by atoms with van der Waals surface area (Å²) in [6, 6.07) is 12.2. The molecule has 1 aliphatic rings. The van der Waals surface area contributed by atoms with Gasteiger partial charge in [0.05, 0.1) is 12.6 Å². The van der Waals surface area contributed by atoms with E-state index in [1.165, 1.54) is 10.5 Å². The van der Waals surface area contributed by atoms with Gasteiger partial charge in [-0.1, -0.05) is 45.0 Å². The lowest BCUT2D eigenvalue weighted by atomic mass is 9.86. The summed E-state index contributed by atoms with van der Waals surface area (Å²) in [6.45, 7) is 11.1. The fraction of sp³-hybridized carbons (Fsp3) is 0.520. The molecule has 3 rings (SSSR count). The zero-order valence-corrected chi connectivity index (χ0v) is 19.9. The molecule has 1 aromatic carbocycles. The summed E-state index contributed by atoms with van der Waals surface area (Å²) in [4.78, 5) is 29.4. The topological polar surface area (TPSA) is 66.8 Å². The third-order valence-electron chi connectivity index (χ3n) is 5.96. The number of hydrogen-bond donors (Lipinski definition) is 1. The van der Waals surface area contributed by atoms with Crippen LogP contribution in [0.4, 0.5) is 4.79 Å². The number of rotatable bonds is 7. The second-order valence-electron chi connectivity index (χ2n) is 9.24. The number of carbonyl (C=O) groups excluding carboxylic acids is 2. The molecule has 3 amide bonds. The minimum Gasteiger partial charge on any atom is -0.383 e. The highest BCUT2D eigenvalue weighted by atomic mass is 16.5. The Morgan fingerprint density at radius 3 is 2.50 bits per heavy atom. The largest absolute Gasteiger partial charge is 0.383 e. The molecule has 0 radical (unpaired) electrons. The summed E-state index contributed by atoms with van der Waals surface area (Å²) in [7, 11) is 1.59. The van der Waals surface area contributed by atoms with Gasteiger partial charge < -0.3 is 24.4 Å². The van der Waals surface area contributed by atoms with Gasteiger partial charge in [-0.25, -0.2) is 4.79 Å². The Balaban J connectivity index is 1.88. The standard InChI is InChI=1S/C25H36N4O3/c1-6-26-24(31)28(16-17-32-5)18-22(30)29-15-14-27-13-7-8-21(27)23(29)19-9-11-20(12-10-19)25(2,3)4/h7-13,23H,6,14-18H2,1-5H3,(H,26,31). The monoisotopic (exact) mass is 440 g/mol. The zero-order chi connectivity index (χ0) is 23.3. The minimum atomic E-state index is -0.246. The predicted octanol–water partition coefficient (Wildman–Crippen LogP) is 3.40. The van der Waals surface area contributed by atoms with Crippen LogP contribution < -0.4 is 5.32 Å². The molecule has 0 bridgehead atoms. The van der Waals surface area contributed by atoms with Crippen LogP contribution in [0.15, 0.2) is 42.6 Å². The van der Waals surface area contributed by atoms with Gasteiger partial charge in [0.2, 0.25) is 5.91 Å². The van der Waals surface area contributed by atoms with E-state index in [2.05, 4.69) is 67.2 Å². The lowest BCUT2D eigenvalue weighted by molar-refractivity contribution is -0.134. The van der Waals surface area contributed by atoms with Crippen LogP contribution in [0, 0.1) is 0 Å². The van der Waals surface area contributed by atoms with Crippen LogP contribution in [-0.2, 0) is 21.5 Å². The highest BCUT2D eigenvalue weighted by Gasteiger charge is 2.33. The van der Waals surface area contributed by atoms with Gasteiger partial charge in [-0.05, 0) is 35.6 Å². The van der Waals surface area contributed by atoms with Crippen LogP contribution in [0.3, 0.4) is 0 Å². The molecular weight excluding hydrogens is 404 g/mol. The zero-order valence-electron chi connectivity index (χ0n) is 19.9. The number of carbonyl (C=O) groups is 2. The number of fused-ring (bicyclic) bond motifs is 1. The number of ether oxygens (including phenoxy) is 1. The summed E-state index contributed by atoms with van der Waals surface area (Å²) in [5.41, 5.74) is 3.49. The van der Waals surface area contributed by atoms with Crippen LogP contribution in [-0.4, -0.2) is 66.2 Å². The Bertz CT molecular complexity index is 914. The van der Waals surface area contributed by atoms with E-state index in [4.69, 9.17) is 4.74 Å². The van der Waals surface area contributed by atoms with E-state index in [-0.39, 0.29) is 29.9 Å². The molecule has 1 unspecified atom stereocenters. The molecule has 1 N–H and O–H groups in total. The maximum atomic E-state index is 13.5. The molecule has 32 heavy (non-hydrogen) atoms. The fourth-order valence-electron chi connectivity index (χ4n) is 4.14. The van der Waals surface area contributed by atoms with Crippen molar-refractivity contribution in [1.82, 2.24) is 19.7 Å². The van der Waals surface area contributed by atoms with E-state index >= 15 is 0 Å². The molecule has 0 saturated carbocycles. The first-order valence-corrected chi connectivity index (χ1v) is 11.3. The van der Waals surface area contributed by atoms with E-state index in [0.717, 1.165) is 17.8 Å². The molecule has 2 aromatic rings. The normalized spacial score (nSPS) is 15.9. The Labute approximate surface area is 191 Å². The number of nitrogens with zero attached hydrogens (tertiary/aromatic N) is 3. The van der Waals surface area contributed by atoms with Crippen LogP contribution in [0.25, 0.3) is 0 Å². The van der Waals surface area contributed by atoms with Crippen molar-refractivity contribution in [3.05, 3.63) is 59.4 Å². The van der Waals surface area contributed by atoms with Gasteiger partial charge >= 0.3 is 6.03 Å². The highest BCUT2D eigenvalue weighted by molar-refractivity contribution is 5.84. The van der Waals surface area contributed by atoms with E-state index in [9.17, 15) is 9.59 Å². The fourth-order valence-corrected chi connectivity index (χ4v) is 4.14. The van der Waals surface area contributed by atoms with E-state index < -0.39 is 0 Å². The smallest absolute Gasteiger partial charge is 0.317 e. The lowest BCUT2D eigenvalue weighted by Crippen LogP contribution is -2.50. The number of amides is 3. The van der Waals surface area contributed by atoms with Crippen molar-refractivity contribution < 1.29 is 14.3 Å². The van der Waals surface area contributed by atoms with E-state index in [0.29, 0.717) is 26.2 Å². The summed E-state index contributed by atoms with van der Waals surface area (Å²) in [5.74, 6) is -0.0651. The van der Waals surface area contributed by atoms with Gasteiger partial charge in [-0.2, -0.15) is 0 Å². The number of nitrogens with one attached hydrogen (secondary N) is 1. The first kappa shape index (κ1) is 23.9. The van der Waals surface area contributed by atoms with Crippen molar-refractivity contribution in [3.63, 3.8) is 0 Å². The molecule has 0 fully saturated rings. The summed E-state index contributed by atoms with van der Waals surface area (Å²) in [6.07, 6.45) is 2.06. The van der Waals surface area contributed by atoms with Crippen molar-refractivity contribution in [3.8, 4) is 0 Å². The highest BCUT2D eigenvalue weighted by Crippen LogP contribution is 2.34. The van der Waals surface area contributed by atoms with Crippen molar-refractivity contribution >= 4 is 11.9 Å². The molecule has 7 nitrogen and oxygen atoms in total. The molecule has 7 heteroatoms. The first-order chi connectivity index (χ1) is 15.3. The van der Waals surface area contributed by atoms with Crippen LogP contribution in [0.1, 0.15) is 50.6 Å². The number of hydrogen-bond acceptors (Lipinski definition) is 3. The molecule has 0 spiro atoms. The van der Waals surface area contributed by atoms with Gasteiger partial charge in [0.25, 0.3) is 0 Å². The van der Waals surface area contributed by atoms with Crippen molar-refractivity contribution in [2.75, 3.05) is 39.9 Å². The summed E-state index contributed by atoms with van der Waals surface area (Å²) >= 11 is 0. The lowest BCUT2D eigenvalue weighted by Gasteiger charge is -2.38. The predicted molar refractivity (Wildman–Crippen MR) is 126 cm³/mol. The van der Waals surface area contributed by atoms with E-state index in [1.54, 1.807) is 7.11 Å². The number of urea groups is 1. The quantitative estimate of drug-likeness (QED) is 0.718. The van der Waals surface area contributed by atoms with Gasteiger partial charge in [0.1, 0.15) is 6.54 Å². The average Bonchev–Trinajstić information content (AvgIpc) is 3.24. The van der Waals surface area contributed by atoms with Gasteiger partial charge in [-0.3, -0.25) is 4.79 Å². The number of methoxy groups -OCH3 is 1. The third kappa shape index (κ3) is 5.33. The van der Waals surface area contributed by atoms with Crippen LogP contribution >= 0.6 is 0 Å². The Morgan fingerprint density at radius 1 is 1.16 bits per heavy atom. The van der Waals surface area contributed by atoms with Gasteiger partial charge in [-0.15, -0.1) is 0 Å². The SMILES string of the molecule is CCNC(=O)N(CCOC)CC(=O)N1CCn2cccc2C1c1ccc(C(C)(C)C)cc1. The molecule has 2 heterocycles. The first-order valence-electron chi connectivity index (χ1n) is 11.3. The number of aromatic nitrogens is 1. The summed E-state index contributed by atoms with van der Waals surface area (Å²) < 4.78 is 7.35. The molecule has 0 saturated heterocycles. The Hall–Kier alpha value is -2.80. The molecule has 1 aromatic heterocycles. The van der Waals surface area contributed by atoms with Gasteiger partial charge in [0.15, 0.2) is 0 Å². The Morgan fingerprint density at radius 2 is 1.88 bits per heavy atom. The van der Waals surface area contributed by atoms with Crippen molar-refractivity contribution in [2.24, 2.45) is 0 Å².